The average molecular weight is 590 g/mol. The lowest BCUT2D eigenvalue weighted by Gasteiger charge is -2.30. The van der Waals surface area contributed by atoms with E-state index in [9.17, 15) is 0 Å². The number of aryl methyl sites for hydroxylation is 3. The molecule has 3 aromatic rings. The molecule has 3 rings (SSSR count). The largest absolute Gasteiger partial charge is 0.473 e. The number of rotatable bonds is 12. The van der Waals surface area contributed by atoms with Gasteiger partial charge in [0.15, 0.2) is 0 Å². The van der Waals surface area contributed by atoms with Crippen LogP contribution in [0.5, 0.6) is 0 Å². The molecule has 7 nitrogen and oxygen atoms in total. The van der Waals surface area contributed by atoms with E-state index in [0.29, 0.717) is 0 Å². The van der Waals surface area contributed by atoms with Gasteiger partial charge >= 0.3 is 11.9 Å². The van der Waals surface area contributed by atoms with Crippen LogP contribution in [-0.4, -0.2) is 61.4 Å². The Labute approximate surface area is 258 Å². The molecule has 0 saturated carbocycles. The van der Waals surface area contributed by atoms with Crippen LogP contribution >= 0.6 is 0 Å². The first-order valence-electron chi connectivity index (χ1n) is 15.5. The lowest BCUT2D eigenvalue weighted by molar-refractivity contribution is -0.159. The molecule has 0 aromatic heterocycles. The van der Waals surface area contributed by atoms with E-state index < -0.39 is 11.9 Å². The fraction of sp³-hybridized carbons (Fsp3) is 0.444. The van der Waals surface area contributed by atoms with Crippen LogP contribution in [0.15, 0.2) is 54.6 Å². The van der Waals surface area contributed by atoms with E-state index >= 15 is 0 Å². The van der Waals surface area contributed by atoms with Crippen LogP contribution in [-0.2, 0) is 9.59 Å². The Kier molecular flexibility index (Phi) is 13.6. The van der Waals surface area contributed by atoms with Gasteiger partial charge in [-0.1, -0.05) is 18.2 Å². The van der Waals surface area contributed by atoms with Crippen molar-refractivity contribution in [2.24, 2.45) is 0 Å². The van der Waals surface area contributed by atoms with E-state index in [1.54, 1.807) is 0 Å². The molecule has 0 aliphatic rings. The van der Waals surface area contributed by atoms with Crippen molar-refractivity contribution >= 4 is 29.0 Å². The number of carboxylic acids is 2. The van der Waals surface area contributed by atoms with E-state index in [-0.39, 0.29) is 5.92 Å². The molecule has 7 heteroatoms. The predicted octanol–water partition coefficient (Wildman–Crippen LogP) is 7.49. The molecular formula is C36H51N3O4. The Morgan fingerprint density at radius 1 is 0.512 bits per heavy atom. The third-order valence-electron chi connectivity index (χ3n) is 8.29. The van der Waals surface area contributed by atoms with Gasteiger partial charge in [0.2, 0.25) is 0 Å². The Balaban J connectivity index is 0.000000973. The fourth-order valence-electron chi connectivity index (χ4n) is 5.68. The Morgan fingerprint density at radius 3 is 0.930 bits per heavy atom. The summed E-state index contributed by atoms with van der Waals surface area (Å²) in [6.45, 7) is 26.4. The molecule has 0 aliphatic heterocycles. The predicted molar refractivity (Wildman–Crippen MR) is 180 cm³/mol. The quantitative estimate of drug-likeness (QED) is 0.167. The second-order valence-electron chi connectivity index (χ2n) is 10.7. The number of nitrogens with zero attached hydrogens (tertiary/aromatic N) is 3. The number of aliphatic carboxylic acids is 2. The normalized spacial score (nSPS) is 10.7. The molecule has 234 valence electrons. The van der Waals surface area contributed by atoms with Crippen LogP contribution < -0.4 is 14.7 Å². The van der Waals surface area contributed by atoms with Gasteiger partial charge in [0.25, 0.3) is 0 Å². The van der Waals surface area contributed by atoms with Gasteiger partial charge in [0.1, 0.15) is 0 Å². The van der Waals surface area contributed by atoms with E-state index in [1.807, 2.05) is 0 Å². The average Bonchev–Trinajstić information content (AvgIpc) is 2.99. The van der Waals surface area contributed by atoms with Gasteiger partial charge in [-0.05, 0) is 132 Å². The van der Waals surface area contributed by atoms with Crippen molar-refractivity contribution < 1.29 is 19.8 Å². The zero-order valence-corrected chi connectivity index (χ0v) is 27.6. The van der Waals surface area contributed by atoms with Crippen LogP contribution in [0, 0.1) is 20.8 Å². The lowest BCUT2D eigenvalue weighted by atomic mass is 9.79. The molecule has 0 radical (unpaired) electrons. The summed E-state index contributed by atoms with van der Waals surface area (Å²) < 4.78 is 0. The van der Waals surface area contributed by atoms with Crippen LogP contribution in [0.4, 0.5) is 17.1 Å². The number of anilines is 3. The van der Waals surface area contributed by atoms with E-state index in [2.05, 4.69) is 132 Å². The van der Waals surface area contributed by atoms with Gasteiger partial charge in [-0.15, -0.1) is 0 Å². The topological polar surface area (TPSA) is 84.3 Å². The number of hydrogen-bond donors (Lipinski definition) is 2. The molecule has 0 aliphatic carbocycles. The number of carbonyl (C=O) groups is 2. The number of carboxylic acid groups (broad SMARTS) is 2. The molecule has 0 heterocycles. The summed E-state index contributed by atoms with van der Waals surface area (Å²) in [5, 5.41) is 14.8. The van der Waals surface area contributed by atoms with Crippen molar-refractivity contribution in [2.45, 2.75) is 68.2 Å². The highest BCUT2D eigenvalue weighted by molar-refractivity contribution is 6.27. The second-order valence-corrected chi connectivity index (χ2v) is 10.7. The molecule has 0 atom stereocenters. The minimum atomic E-state index is -1.82. The molecule has 43 heavy (non-hydrogen) atoms. The third-order valence-corrected chi connectivity index (χ3v) is 8.29. The highest BCUT2D eigenvalue weighted by atomic mass is 16.4. The number of hydrogen-bond acceptors (Lipinski definition) is 5. The molecule has 3 aromatic carbocycles. The Morgan fingerprint density at radius 2 is 0.744 bits per heavy atom. The highest BCUT2D eigenvalue weighted by Crippen LogP contribution is 2.41. The lowest BCUT2D eigenvalue weighted by Crippen LogP contribution is -2.23. The maximum absolute atomic E-state index is 9.10. The van der Waals surface area contributed by atoms with Crippen molar-refractivity contribution in [1.29, 1.82) is 0 Å². The molecule has 0 bridgehead atoms. The summed E-state index contributed by atoms with van der Waals surface area (Å²) in [7, 11) is 0. The summed E-state index contributed by atoms with van der Waals surface area (Å²) >= 11 is 0. The smallest absolute Gasteiger partial charge is 0.414 e. The van der Waals surface area contributed by atoms with Gasteiger partial charge < -0.3 is 24.9 Å². The molecule has 0 spiro atoms. The van der Waals surface area contributed by atoms with Crippen molar-refractivity contribution in [1.82, 2.24) is 0 Å². The van der Waals surface area contributed by atoms with Crippen LogP contribution in [0.1, 0.15) is 80.8 Å². The zero-order chi connectivity index (χ0) is 32.3. The van der Waals surface area contributed by atoms with Gasteiger partial charge in [-0.25, -0.2) is 9.59 Å². The van der Waals surface area contributed by atoms with Crippen LogP contribution in [0.3, 0.4) is 0 Å². The van der Waals surface area contributed by atoms with Gasteiger partial charge in [0.05, 0.1) is 0 Å². The van der Waals surface area contributed by atoms with Crippen molar-refractivity contribution in [3.8, 4) is 0 Å². The van der Waals surface area contributed by atoms with Gasteiger partial charge in [0, 0.05) is 62.2 Å². The highest BCUT2D eigenvalue weighted by Gasteiger charge is 2.25. The Hall–Kier alpha value is -4.00. The minimum Gasteiger partial charge on any atom is -0.473 e. The summed E-state index contributed by atoms with van der Waals surface area (Å²) in [6, 6.07) is 21.2. The monoisotopic (exact) mass is 589 g/mol. The maximum atomic E-state index is 9.10. The first-order valence-corrected chi connectivity index (χ1v) is 15.5. The van der Waals surface area contributed by atoms with E-state index in [1.165, 1.54) is 50.4 Å². The molecule has 0 unspecified atom stereocenters. The first kappa shape index (κ1) is 35.2. The summed E-state index contributed by atoms with van der Waals surface area (Å²) in [6.07, 6.45) is 0. The van der Waals surface area contributed by atoms with E-state index in [4.69, 9.17) is 19.8 Å². The standard InChI is InChI=1S/C34H49N3.C2H2O4/c1-10-35(11-2)28-19-16-25(7)31(22-28)34(32-23-29(20-17-26(32)8)36(12-3)13-4)33-24-30(21-18-27(33)9)37(14-5)15-6;3-1(4)2(5)6/h16-24,34H,10-15H2,1-9H3;(H,3,4)(H,5,6). The van der Waals surface area contributed by atoms with E-state index in [0.717, 1.165) is 39.3 Å². The van der Waals surface area contributed by atoms with Crippen molar-refractivity contribution in [3.05, 3.63) is 88.0 Å². The minimum absolute atomic E-state index is 0.168. The summed E-state index contributed by atoms with van der Waals surface area (Å²) in [4.78, 5) is 25.6. The number of benzene rings is 3. The SMILES string of the molecule is CCN(CC)c1ccc(C)c(C(c2cc(N(CC)CC)ccc2C)c2cc(N(CC)CC)ccc2C)c1.O=C(O)C(=O)O. The molecule has 0 amide bonds. The first-order chi connectivity index (χ1) is 20.5. The van der Waals surface area contributed by atoms with Crippen molar-refractivity contribution in [3.63, 3.8) is 0 Å². The fourth-order valence-corrected chi connectivity index (χ4v) is 5.68. The summed E-state index contributed by atoms with van der Waals surface area (Å²) in [5.41, 5.74) is 12.2. The molecule has 2 N–H and O–H groups in total. The second kappa shape index (κ2) is 16.6. The summed E-state index contributed by atoms with van der Waals surface area (Å²) in [5.74, 6) is -3.48. The molecule has 0 fully saturated rings. The molecular weight excluding hydrogens is 538 g/mol. The van der Waals surface area contributed by atoms with Crippen molar-refractivity contribution in [2.75, 3.05) is 54.0 Å². The van der Waals surface area contributed by atoms with Crippen LogP contribution in [0.2, 0.25) is 0 Å². The molecule has 0 saturated heterocycles. The van der Waals surface area contributed by atoms with Crippen LogP contribution in [0.25, 0.3) is 0 Å². The third kappa shape index (κ3) is 8.76. The Bertz CT molecular complexity index is 1200. The maximum Gasteiger partial charge on any atom is 0.414 e. The zero-order valence-electron chi connectivity index (χ0n) is 27.6. The van der Waals surface area contributed by atoms with Gasteiger partial charge in [-0.3, -0.25) is 0 Å². The van der Waals surface area contributed by atoms with Gasteiger partial charge in [-0.2, -0.15) is 0 Å².